The van der Waals surface area contributed by atoms with E-state index < -0.39 is 22.7 Å². The Labute approximate surface area is 144 Å². The van der Waals surface area contributed by atoms with Crippen molar-refractivity contribution in [2.24, 2.45) is 21.6 Å². The molecule has 3 aliphatic rings. The summed E-state index contributed by atoms with van der Waals surface area (Å²) in [7, 11) is 3.03. The maximum Gasteiger partial charge on any atom is 0.293 e. The van der Waals surface area contributed by atoms with Crippen LogP contribution in [0.2, 0.25) is 0 Å². The number of benzene rings is 1. The number of ether oxygens (including phenoxy) is 4. The molecule has 8 nitrogen and oxygen atoms in total. The van der Waals surface area contributed by atoms with Gasteiger partial charge in [-0.05, 0) is 6.07 Å². The lowest BCUT2D eigenvalue weighted by Gasteiger charge is -2.26. The smallest absolute Gasteiger partial charge is 0.293 e. The van der Waals surface area contributed by atoms with E-state index in [9.17, 15) is 10.5 Å². The van der Waals surface area contributed by atoms with E-state index in [1.165, 1.54) is 14.2 Å². The van der Waals surface area contributed by atoms with Gasteiger partial charge in [-0.1, -0.05) is 12.1 Å². The van der Waals surface area contributed by atoms with Crippen molar-refractivity contribution in [3.05, 3.63) is 23.8 Å². The first-order chi connectivity index (χ1) is 12.1. The summed E-state index contributed by atoms with van der Waals surface area (Å²) < 4.78 is 22.2. The number of rotatable bonds is 3. The highest BCUT2D eigenvalue weighted by atomic mass is 16.8. The monoisotopic (exact) mass is 340 g/mol. The Bertz CT molecular complexity index is 864. The molecule has 0 amide bonds. The Morgan fingerprint density at radius 2 is 1.92 bits per heavy atom. The second-order valence-corrected chi connectivity index (χ2v) is 6.13. The van der Waals surface area contributed by atoms with E-state index in [4.69, 9.17) is 24.7 Å². The van der Waals surface area contributed by atoms with Crippen LogP contribution in [0.15, 0.2) is 23.2 Å². The maximum atomic E-state index is 10.1. The quantitative estimate of drug-likeness (QED) is 0.866. The summed E-state index contributed by atoms with van der Waals surface area (Å²) in [6.07, 6.45) is 0. The number of nitriles is 2. The molecule has 3 unspecified atom stereocenters. The second kappa shape index (κ2) is 4.85. The molecule has 1 saturated heterocycles. The molecule has 2 heterocycles. The fourth-order valence-corrected chi connectivity index (χ4v) is 4.32. The lowest BCUT2D eigenvalue weighted by molar-refractivity contribution is -0.184. The van der Waals surface area contributed by atoms with Gasteiger partial charge in [0.2, 0.25) is 0 Å². The SMILES string of the molecule is COc1cccc(C2C3(C#N)C(N)=NC4(OCCO4)C23C#N)c1OC. The average molecular weight is 340 g/mol. The van der Waals surface area contributed by atoms with Gasteiger partial charge in [0.05, 0.1) is 39.6 Å². The molecule has 0 bridgehead atoms. The summed E-state index contributed by atoms with van der Waals surface area (Å²) in [6.45, 7) is 0.563. The van der Waals surface area contributed by atoms with Crippen LogP contribution in [0.1, 0.15) is 11.5 Å². The highest BCUT2D eigenvalue weighted by Gasteiger charge is 2.94. The van der Waals surface area contributed by atoms with Gasteiger partial charge in [0.1, 0.15) is 11.3 Å². The molecule has 1 aliphatic carbocycles. The van der Waals surface area contributed by atoms with E-state index in [0.29, 0.717) is 17.1 Å². The van der Waals surface area contributed by atoms with Crippen molar-refractivity contribution in [3.8, 4) is 23.6 Å². The summed E-state index contributed by atoms with van der Waals surface area (Å²) in [5, 5.41) is 20.0. The Morgan fingerprint density at radius 1 is 1.20 bits per heavy atom. The summed E-state index contributed by atoms with van der Waals surface area (Å²) in [5.41, 5.74) is 4.06. The van der Waals surface area contributed by atoms with Crippen molar-refractivity contribution in [2.45, 2.75) is 11.8 Å². The van der Waals surface area contributed by atoms with Crippen LogP contribution in [0, 0.1) is 33.5 Å². The minimum Gasteiger partial charge on any atom is -0.493 e. The first-order valence-electron chi connectivity index (χ1n) is 7.75. The molecular formula is C17H16N4O4. The van der Waals surface area contributed by atoms with Crippen LogP contribution in [0.3, 0.4) is 0 Å². The van der Waals surface area contributed by atoms with E-state index in [1.54, 1.807) is 18.2 Å². The van der Waals surface area contributed by atoms with Crippen LogP contribution >= 0.6 is 0 Å². The Morgan fingerprint density at radius 3 is 2.48 bits per heavy atom. The number of amidine groups is 1. The van der Waals surface area contributed by atoms with Gasteiger partial charge < -0.3 is 24.7 Å². The summed E-state index contributed by atoms with van der Waals surface area (Å²) in [6, 6.07) is 9.76. The normalized spacial score (nSPS) is 33.9. The predicted molar refractivity (Wildman–Crippen MR) is 84.6 cm³/mol. The van der Waals surface area contributed by atoms with E-state index >= 15 is 0 Å². The van der Waals surface area contributed by atoms with Crippen molar-refractivity contribution in [1.82, 2.24) is 0 Å². The van der Waals surface area contributed by atoms with E-state index in [1.807, 2.05) is 0 Å². The number of nitrogens with zero attached hydrogens (tertiary/aromatic N) is 3. The molecule has 4 rings (SSSR count). The zero-order valence-corrected chi connectivity index (χ0v) is 13.8. The van der Waals surface area contributed by atoms with Crippen molar-refractivity contribution in [2.75, 3.05) is 27.4 Å². The van der Waals surface area contributed by atoms with E-state index in [2.05, 4.69) is 17.1 Å². The molecule has 8 heteroatoms. The first kappa shape index (κ1) is 15.7. The molecule has 3 atom stereocenters. The summed E-state index contributed by atoms with van der Waals surface area (Å²) >= 11 is 0. The summed E-state index contributed by atoms with van der Waals surface area (Å²) in [5.74, 6) is -1.15. The Hall–Kier alpha value is -2.81. The zero-order chi connectivity index (χ0) is 17.9. The van der Waals surface area contributed by atoms with Gasteiger partial charge in [-0.15, -0.1) is 0 Å². The Balaban J connectivity index is 1.96. The van der Waals surface area contributed by atoms with Crippen LogP contribution in [0.4, 0.5) is 0 Å². The third-order valence-electron chi connectivity index (χ3n) is 5.35. The van der Waals surface area contributed by atoms with Crippen LogP contribution in [-0.4, -0.2) is 39.2 Å². The second-order valence-electron chi connectivity index (χ2n) is 6.13. The van der Waals surface area contributed by atoms with Crippen molar-refractivity contribution >= 4 is 5.84 Å². The molecule has 0 aromatic heterocycles. The van der Waals surface area contributed by atoms with Crippen LogP contribution in [0.5, 0.6) is 11.5 Å². The number of fused-ring (bicyclic) bond motifs is 2. The molecular weight excluding hydrogens is 324 g/mol. The highest BCUT2D eigenvalue weighted by molar-refractivity contribution is 6.00. The number of aliphatic imine (C=N–C) groups is 1. The molecule has 2 N–H and O–H groups in total. The third kappa shape index (κ3) is 1.46. The fourth-order valence-electron chi connectivity index (χ4n) is 4.32. The summed E-state index contributed by atoms with van der Waals surface area (Å²) in [4.78, 5) is 4.24. The van der Waals surface area contributed by atoms with Crippen LogP contribution in [-0.2, 0) is 9.47 Å². The number of hydrogen-bond donors (Lipinski definition) is 1. The molecule has 128 valence electrons. The predicted octanol–water partition coefficient (Wildman–Crippen LogP) is 0.892. The standard InChI is InChI=1S/C17H16N4O4/c1-22-11-5-3-4-10(12(11)23-2)13-15(8-18)14(20)21-17(16(13,15)9-19)24-6-7-25-17/h3-5,13H,6-7H2,1-2H3,(H2,20,21). The molecule has 1 aromatic carbocycles. The minimum absolute atomic E-state index is 0.0494. The topological polar surface area (TPSA) is 123 Å². The third-order valence-corrected chi connectivity index (χ3v) is 5.35. The van der Waals surface area contributed by atoms with E-state index in [-0.39, 0.29) is 19.0 Å². The van der Waals surface area contributed by atoms with Gasteiger partial charge in [-0.2, -0.15) is 10.5 Å². The van der Waals surface area contributed by atoms with Gasteiger partial charge in [-0.25, -0.2) is 4.99 Å². The number of nitrogens with two attached hydrogens (primary N) is 1. The van der Waals surface area contributed by atoms with Gasteiger partial charge >= 0.3 is 0 Å². The maximum absolute atomic E-state index is 10.1. The lowest BCUT2D eigenvalue weighted by atomic mass is 9.93. The number of para-hydroxylation sites is 1. The zero-order valence-electron chi connectivity index (χ0n) is 13.8. The van der Waals surface area contributed by atoms with Gasteiger partial charge in [0.25, 0.3) is 5.91 Å². The molecule has 1 spiro atoms. The Kier molecular flexibility index (Phi) is 3.05. The van der Waals surface area contributed by atoms with Crippen molar-refractivity contribution in [1.29, 1.82) is 10.5 Å². The lowest BCUT2D eigenvalue weighted by Crippen LogP contribution is -2.38. The molecule has 1 saturated carbocycles. The van der Waals surface area contributed by atoms with Gasteiger partial charge in [0.15, 0.2) is 16.9 Å². The average Bonchev–Trinajstić information content (AvgIpc) is 2.88. The molecule has 2 fully saturated rings. The molecule has 1 aromatic rings. The first-order valence-corrected chi connectivity index (χ1v) is 7.75. The minimum atomic E-state index is -1.56. The number of methoxy groups -OCH3 is 2. The van der Waals surface area contributed by atoms with E-state index in [0.717, 1.165) is 0 Å². The molecule has 25 heavy (non-hydrogen) atoms. The van der Waals surface area contributed by atoms with Crippen molar-refractivity contribution in [3.63, 3.8) is 0 Å². The molecule has 0 radical (unpaired) electrons. The molecule has 2 aliphatic heterocycles. The van der Waals surface area contributed by atoms with Gasteiger partial charge in [-0.3, -0.25) is 0 Å². The number of hydrogen-bond acceptors (Lipinski definition) is 8. The fraction of sp³-hybridized carbons (Fsp3) is 0.471. The van der Waals surface area contributed by atoms with Gasteiger partial charge in [0, 0.05) is 11.5 Å². The largest absolute Gasteiger partial charge is 0.493 e. The van der Waals surface area contributed by atoms with Crippen LogP contribution < -0.4 is 15.2 Å². The van der Waals surface area contributed by atoms with Crippen LogP contribution in [0.25, 0.3) is 0 Å². The highest BCUT2D eigenvalue weighted by Crippen LogP contribution is 2.83. The van der Waals surface area contributed by atoms with Crippen molar-refractivity contribution < 1.29 is 18.9 Å².